The Labute approximate surface area is 91.8 Å². The van der Waals surface area contributed by atoms with Crippen LogP contribution in [0, 0.1) is 0 Å². The Balaban J connectivity index is 2.50. The summed E-state index contributed by atoms with van der Waals surface area (Å²) in [5, 5.41) is 0.115. The average molecular weight is 228 g/mol. The Kier molecular flexibility index (Phi) is 4.90. The van der Waals surface area contributed by atoms with E-state index in [-0.39, 0.29) is 5.12 Å². The fraction of sp³-hybridized carbons (Fsp3) is 0.300. The minimum atomic E-state index is 0.115. The second kappa shape index (κ2) is 5.98. The molecule has 0 spiro atoms. The van der Waals surface area contributed by atoms with E-state index in [1.807, 2.05) is 31.2 Å². The highest BCUT2D eigenvalue weighted by Crippen LogP contribution is 2.32. The molecule has 0 aliphatic heterocycles. The maximum atomic E-state index is 10.7. The second-order valence-corrected chi connectivity index (χ2v) is 4.94. The molecule has 0 saturated carbocycles. The van der Waals surface area contributed by atoms with Crippen LogP contribution < -0.4 is 4.74 Å². The maximum Gasteiger partial charge on any atom is 0.196 e. The largest absolute Gasteiger partial charge is 0.494 e. The third-order valence-corrected chi connectivity index (χ3v) is 3.70. The molecule has 2 nitrogen and oxygen atoms in total. The molecular formula is C10H12O2S2. The summed E-state index contributed by atoms with van der Waals surface area (Å²) in [5.74, 6) is 0.865. The standard InChI is InChI=1S/C10H12O2S2/c1-3-12-9-4-6-10(7-5-9)14-13-8(2)11/h4-7H,3H2,1-2H3. The van der Waals surface area contributed by atoms with Crippen LogP contribution in [-0.2, 0) is 4.79 Å². The van der Waals surface area contributed by atoms with E-state index >= 15 is 0 Å². The van der Waals surface area contributed by atoms with Gasteiger partial charge in [0.2, 0.25) is 0 Å². The fourth-order valence-electron chi connectivity index (χ4n) is 0.865. The van der Waals surface area contributed by atoms with Crippen molar-refractivity contribution in [3.63, 3.8) is 0 Å². The zero-order valence-electron chi connectivity index (χ0n) is 8.15. The van der Waals surface area contributed by atoms with Gasteiger partial charge in [-0.1, -0.05) is 0 Å². The van der Waals surface area contributed by atoms with Crippen LogP contribution in [0.25, 0.3) is 0 Å². The second-order valence-electron chi connectivity index (χ2n) is 2.56. The molecule has 0 saturated heterocycles. The lowest BCUT2D eigenvalue weighted by atomic mass is 10.3. The predicted molar refractivity (Wildman–Crippen MR) is 61.7 cm³/mol. The van der Waals surface area contributed by atoms with Crippen molar-refractivity contribution in [3.05, 3.63) is 24.3 Å². The number of carbonyl (C=O) groups excluding carboxylic acids is 1. The van der Waals surface area contributed by atoms with Crippen molar-refractivity contribution in [2.75, 3.05) is 6.61 Å². The van der Waals surface area contributed by atoms with Gasteiger partial charge in [0, 0.05) is 11.8 Å². The molecule has 76 valence electrons. The highest BCUT2D eigenvalue weighted by atomic mass is 33.1. The molecule has 0 radical (unpaired) electrons. The summed E-state index contributed by atoms with van der Waals surface area (Å²) in [5.41, 5.74) is 0. The third kappa shape index (κ3) is 4.07. The first kappa shape index (κ1) is 11.5. The Bertz CT molecular complexity index is 295. The van der Waals surface area contributed by atoms with Gasteiger partial charge in [0.25, 0.3) is 0 Å². The van der Waals surface area contributed by atoms with Crippen molar-refractivity contribution in [2.45, 2.75) is 18.7 Å². The van der Waals surface area contributed by atoms with E-state index in [1.165, 1.54) is 21.6 Å². The van der Waals surface area contributed by atoms with Gasteiger partial charge < -0.3 is 4.74 Å². The molecule has 0 aliphatic rings. The van der Waals surface area contributed by atoms with Crippen molar-refractivity contribution in [3.8, 4) is 5.75 Å². The minimum Gasteiger partial charge on any atom is -0.494 e. The van der Waals surface area contributed by atoms with Crippen LogP contribution in [0.5, 0.6) is 5.75 Å². The minimum absolute atomic E-state index is 0.115. The van der Waals surface area contributed by atoms with Crippen molar-refractivity contribution >= 4 is 26.7 Å². The quantitative estimate of drug-likeness (QED) is 0.738. The Morgan fingerprint density at radius 1 is 1.36 bits per heavy atom. The van der Waals surface area contributed by atoms with Crippen LogP contribution in [-0.4, -0.2) is 11.7 Å². The van der Waals surface area contributed by atoms with E-state index in [2.05, 4.69) is 0 Å². The summed E-state index contributed by atoms with van der Waals surface area (Å²) in [7, 11) is 2.71. The zero-order chi connectivity index (χ0) is 10.4. The average Bonchev–Trinajstić information content (AvgIpc) is 2.17. The molecule has 0 unspecified atom stereocenters. The highest BCUT2D eigenvalue weighted by Gasteiger charge is 1.98. The molecule has 0 heterocycles. The molecule has 4 heteroatoms. The summed E-state index contributed by atoms with van der Waals surface area (Å²) in [4.78, 5) is 11.8. The third-order valence-electron chi connectivity index (χ3n) is 1.39. The molecular weight excluding hydrogens is 216 g/mol. The first-order valence-electron chi connectivity index (χ1n) is 4.30. The normalized spacial score (nSPS) is 9.86. The molecule has 0 atom stereocenters. The number of hydrogen-bond acceptors (Lipinski definition) is 4. The van der Waals surface area contributed by atoms with Gasteiger partial charge in [0.05, 0.1) is 6.61 Å². The van der Waals surface area contributed by atoms with Gasteiger partial charge in [-0.05, 0) is 52.8 Å². The SMILES string of the molecule is CCOc1ccc(SSC(C)=O)cc1. The lowest BCUT2D eigenvalue weighted by Gasteiger charge is -2.03. The van der Waals surface area contributed by atoms with Crippen molar-refractivity contribution in [1.82, 2.24) is 0 Å². The molecule has 0 aromatic heterocycles. The van der Waals surface area contributed by atoms with Crippen molar-refractivity contribution in [1.29, 1.82) is 0 Å². The molecule has 0 aliphatic carbocycles. The van der Waals surface area contributed by atoms with Gasteiger partial charge in [0.15, 0.2) is 5.12 Å². The van der Waals surface area contributed by atoms with E-state index in [0.29, 0.717) is 6.61 Å². The number of ether oxygens (including phenoxy) is 1. The first-order chi connectivity index (χ1) is 6.72. The van der Waals surface area contributed by atoms with Gasteiger partial charge in [0.1, 0.15) is 5.75 Å². The topological polar surface area (TPSA) is 26.3 Å². The molecule has 0 fully saturated rings. The van der Waals surface area contributed by atoms with Crippen molar-refractivity contribution in [2.24, 2.45) is 0 Å². The van der Waals surface area contributed by atoms with Crippen LogP contribution in [0.1, 0.15) is 13.8 Å². The van der Waals surface area contributed by atoms with Gasteiger partial charge in [-0.25, -0.2) is 0 Å². The monoisotopic (exact) mass is 228 g/mol. The van der Waals surface area contributed by atoms with E-state index < -0.39 is 0 Å². The van der Waals surface area contributed by atoms with E-state index in [1.54, 1.807) is 6.92 Å². The highest BCUT2D eigenvalue weighted by molar-refractivity contribution is 8.82. The molecule has 0 bridgehead atoms. The molecule has 1 aromatic carbocycles. The smallest absolute Gasteiger partial charge is 0.196 e. The fourth-order valence-corrected chi connectivity index (χ4v) is 2.30. The summed E-state index contributed by atoms with van der Waals surface area (Å²) >= 11 is 0. The molecule has 0 N–H and O–H groups in total. The van der Waals surface area contributed by atoms with E-state index in [9.17, 15) is 4.79 Å². The van der Waals surface area contributed by atoms with Crippen LogP contribution in [0.4, 0.5) is 0 Å². The zero-order valence-corrected chi connectivity index (χ0v) is 9.78. The molecule has 1 rings (SSSR count). The predicted octanol–water partition coefficient (Wildman–Crippen LogP) is 3.37. The summed E-state index contributed by atoms with van der Waals surface area (Å²) in [6.07, 6.45) is 0. The van der Waals surface area contributed by atoms with Gasteiger partial charge >= 0.3 is 0 Å². The van der Waals surface area contributed by atoms with E-state index in [4.69, 9.17) is 4.74 Å². The Morgan fingerprint density at radius 3 is 2.50 bits per heavy atom. The van der Waals surface area contributed by atoms with Gasteiger partial charge in [-0.3, -0.25) is 4.79 Å². The van der Waals surface area contributed by atoms with Crippen LogP contribution >= 0.6 is 21.6 Å². The molecule has 1 aromatic rings. The van der Waals surface area contributed by atoms with Crippen molar-refractivity contribution < 1.29 is 9.53 Å². The first-order valence-corrected chi connectivity index (χ1v) is 6.45. The Hall–Kier alpha value is -0.610. The molecule has 0 amide bonds. The summed E-state index contributed by atoms with van der Waals surface area (Å²) in [6.45, 7) is 4.19. The number of rotatable bonds is 4. The van der Waals surface area contributed by atoms with Crippen LogP contribution in [0.2, 0.25) is 0 Å². The lowest BCUT2D eigenvalue weighted by Crippen LogP contribution is -1.90. The van der Waals surface area contributed by atoms with Gasteiger partial charge in [-0.2, -0.15) is 0 Å². The Morgan fingerprint density at radius 2 is 2.00 bits per heavy atom. The molecule has 14 heavy (non-hydrogen) atoms. The summed E-state index contributed by atoms with van der Waals surface area (Å²) in [6, 6.07) is 7.72. The van der Waals surface area contributed by atoms with Crippen LogP contribution in [0.15, 0.2) is 29.2 Å². The number of carbonyl (C=O) groups is 1. The number of hydrogen-bond donors (Lipinski definition) is 0. The van der Waals surface area contributed by atoms with E-state index in [0.717, 1.165) is 10.6 Å². The van der Waals surface area contributed by atoms with Crippen LogP contribution in [0.3, 0.4) is 0 Å². The lowest BCUT2D eigenvalue weighted by molar-refractivity contribution is -0.109. The maximum absolute atomic E-state index is 10.7. The number of benzene rings is 1. The van der Waals surface area contributed by atoms with Gasteiger partial charge in [-0.15, -0.1) is 0 Å². The summed E-state index contributed by atoms with van der Waals surface area (Å²) < 4.78 is 5.30.